The summed E-state index contributed by atoms with van der Waals surface area (Å²) in [5, 5.41) is -0.00227. The Bertz CT molecular complexity index is 938. The number of sulfonamides is 1. The molecule has 0 N–H and O–H groups in total. The molecule has 0 spiro atoms. The molecule has 1 aliphatic carbocycles. The maximum Gasteiger partial charge on any atom is 0.248 e. The SMILES string of the molecule is CCS(=O)(=O)N1CCN(C2(CCC(=O)c3c(F)cc(Cl)cc3Cl)CCC(F)(F)CC2)CC1.Cl. The first-order valence-corrected chi connectivity index (χ1v) is 13.0. The monoisotopic (exact) mass is 550 g/mol. The van der Waals surface area contributed by atoms with Gasteiger partial charge in [-0.2, -0.15) is 4.31 Å². The number of halogens is 6. The van der Waals surface area contributed by atoms with Crippen molar-refractivity contribution in [2.24, 2.45) is 0 Å². The molecule has 12 heteroatoms. The lowest BCUT2D eigenvalue weighted by Gasteiger charge is -2.51. The lowest BCUT2D eigenvalue weighted by Crippen LogP contribution is -2.60. The van der Waals surface area contributed by atoms with Crippen molar-refractivity contribution in [3.05, 3.63) is 33.6 Å². The van der Waals surface area contributed by atoms with Crippen LogP contribution in [0.5, 0.6) is 0 Å². The lowest BCUT2D eigenvalue weighted by molar-refractivity contribution is -0.0891. The molecule has 33 heavy (non-hydrogen) atoms. The fourth-order valence-electron chi connectivity index (χ4n) is 4.71. The van der Waals surface area contributed by atoms with Gasteiger partial charge in [0.25, 0.3) is 0 Å². The van der Waals surface area contributed by atoms with E-state index in [9.17, 15) is 26.4 Å². The van der Waals surface area contributed by atoms with Gasteiger partial charge in [0.05, 0.1) is 16.3 Å². The van der Waals surface area contributed by atoms with E-state index in [0.717, 1.165) is 6.07 Å². The molecule has 0 amide bonds. The van der Waals surface area contributed by atoms with Crippen molar-refractivity contribution in [3.8, 4) is 0 Å². The number of ketones is 1. The van der Waals surface area contributed by atoms with Crippen LogP contribution < -0.4 is 0 Å². The smallest absolute Gasteiger partial charge is 0.248 e. The fourth-order valence-corrected chi connectivity index (χ4v) is 6.37. The third-order valence-corrected chi connectivity index (χ3v) is 9.08. The van der Waals surface area contributed by atoms with Gasteiger partial charge in [0.1, 0.15) is 5.82 Å². The lowest BCUT2D eigenvalue weighted by atomic mass is 9.74. The molecule has 1 saturated carbocycles. The van der Waals surface area contributed by atoms with Crippen LogP contribution in [0.15, 0.2) is 12.1 Å². The number of nitrogens with zero attached hydrogens (tertiary/aromatic N) is 2. The van der Waals surface area contributed by atoms with Crippen molar-refractivity contribution in [1.29, 1.82) is 0 Å². The number of carbonyl (C=O) groups excluding carboxylic acids is 1. The van der Waals surface area contributed by atoms with Crippen molar-refractivity contribution in [3.63, 3.8) is 0 Å². The summed E-state index contributed by atoms with van der Waals surface area (Å²) >= 11 is 11.8. The van der Waals surface area contributed by atoms with E-state index in [1.54, 1.807) is 6.92 Å². The van der Waals surface area contributed by atoms with Gasteiger partial charge in [0.15, 0.2) is 5.78 Å². The summed E-state index contributed by atoms with van der Waals surface area (Å²) in [4.78, 5) is 14.8. The fraction of sp³-hybridized carbons (Fsp3) is 0.667. The standard InChI is InChI=1S/C21H27Cl2F3N2O3S.ClH/c1-2-32(30,31)28-11-9-27(10-12-28)20(5-7-21(25,26)8-6-20)4-3-18(29)19-16(23)13-15(22)14-17(19)24;/h13-14H,2-12H2,1H3;1H. The largest absolute Gasteiger partial charge is 0.295 e. The highest BCUT2D eigenvalue weighted by Gasteiger charge is 2.47. The normalized spacial score (nSPS) is 21.4. The van der Waals surface area contributed by atoms with E-state index in [-0.39, 0.29) is 85.4 Å². The molecular weight excluding hydrogens is 524 g/mol. The Hall–Kier alpha value is -0.580. The number of carbonyl (C=O) groups is 1. The van der Waals surface area contributed by atoms with Crippen LogP contribution in [-0.2, 0) is 10.0 Å². The molecule has 2 fully saturated rings. The molecule has 188 valence electrons. The van der Waals surface area contributed by atoms with Crippen LogP contribution in [0.2, 0.25) is 10.0 Å². The summed E-state index contributed by atoms with van der Waals surface area (Å²) in [6.45, 7) is 2.93. The van der Waals surface area contributed by atoms with E-state index in [2.05, 4.69) is 0 Å². The Kier molecular flexibility index (Phi) is 9.55. The zero-order chi connectivity index (χ0) is 23.7. The molecular formula is C21H28Cl3F3N2O3S. The van der Waals surface area contributed by atoms with Gasteiger partial charge in [-0.25, -0.2) is 21.6 Å². The second kappa shape index (κ2) is 11.0. The Balaban J connectivity index is 0.00000385. The Morgan fingerprint density at radius 2 is 1.64 bits per heavy atom. The molecule has 1 aliphatic heterocycles. The van der Waals surface area contributed by atoms with Crippen molar-refractivity contribution >= 4 is 51.4 Å². The first-order valence-electron chi connectivity index (χ1n) is 10.7. The van der Waals surface area contributed by atoms with Gasteiger partial charge in [0.2, 0.25) is 15.9 Å². The summed E-state index contributed by atoms with van der Waals surface area (Å²) < 4.78 is 67.9. The molecule has 0 unspecified atom stereocenters. The third kappa shape index (κ3) is 6.55. The van der Waals surface area contributed by atoms with E-state index in [1.807, 2.05) is 4.90 Å². The second-order valence-corrected chi connectivity index (χ2v) is 11.6. The summed E-state index contributed by atoms with van der Waals surface area (Å²) in [5.74, 6) is -4.07. The number of hydrogen-bond donors (Lipinski definition) is 0. The zero-order valence-corrected chi connectivity index (χ0v) is 21.4. The molecule has 2 aliphatic rings. The quantitative estimate of drug-likeness (QED) is 0.424. The van der Waals surface area contributed by atoms with Gasteiger partial charge < -0.3 is 0 Å². The number of alkyl halides is 2. The molecule has 1 aromatic rings. The van der Waals surface area contributed by atoms with Gasteiger partial charge in [-0.1, -0.05) is 23.2 Å². The summed E-state index contributed by atoms with van der Waals surface area (Å²) in [6.07, 6.45) is -0.0249. The molecule has 0 bridgehead atoms. The van der Waals surface area contributed by atoms with Crippen LogP contribution in [0, 0.1) is 5.82 Å². The molecule has 0 radical (unpaired) electrons. The topological polar surface area (TPSA) is 57.7 Å². The van der Waals surface area contributed by atoms with Gasteiger partial charge in [-0.05, 0) is 38.3 Å². The number of Topliss-reactive ketones (excluding diaryl/α,β-unsaturated/α-hetero) is 1. The minimum Gasteiger partial charge on any atom is -0.295 e. The highest BCUT2D eigenvalue weighted by Crippen LogP contribution is 2.44. The van der Waals surface area contributed by atoms with Crippen LogP contribution >= 0.6 is 35.6 Å². The highest BCUT2D eigenvalue weighted by atomic mass is 35.5. The van der Waals surface area contributed by atoms with Crippen LogP contribution in [0.4, 0.5) is 13.2 Å². The molecule has 3 rings (SSSR count). The molecule has 5 nitrogen and oxygen atoms in total. The second-order valence-electron chi connectivity index (χ2n) is 8.53. The molecule has 0 atom stereocenters. The molecule has 1 heterocycles. The molecule has 0 aromatic heterocycles. The number of piperazine rings is 1. The minimum absolute atomic E-state index is 0. The summed E-state index contributed by atoms with van der Waals surface area (Å²) in [7, 11) is -3.32. The Morgan fingerprint density at radius 3 is 2.15 bits per heavy atom. The van der Waals surface area contributed by atoms with Crippen LogP contribution in [-0.4, -0.2) is 66.8 Å². The van der Waals surface area contributed by atoms with E-state index < -0.39 is 33.1 Å². The predicted molar refractivity (Wildman–Crippen MR) is 126 cm³/mol. The van der Waals surface area contributed by atoms with Crippen molar-refractivity contribution in [1.82, 2.24) is 9.21 Å². The van der Waals surface area contributed by atoms with Crippen LogP contribution in [0.3, 0.4) is 0 Å². The van der Waals surface area contributed by atoms with Crippen LogP contribution in [0.1, 0.15) is 55.8 Å². The Labute approximate surface area is 209 Å². The first-order chi connectivity index (χ1) is 14.9. The summed E-state index contributed by atoms with van der Waals surface area (Å²) in [5.41, 5.74) is -0.916. The van der Waals surface area contributed by atoms with Gasteiger partial charge in [-0.3, -0.25) is 9.69 Å². The van der Waals surface area contributed by atoms with Gasteiger partial charge in [0, 0.05) is 56.0 Å². The average molecular weight is 552 g/mol. The molecule has 1 aromatic carbocycles. The van der Waals surface area contributed by atoms with E-state index in [0.29, 0.717) is 13.1 Å². The van der Waals surface area contributed by atoms with Crippen molar-refractivity contribution in [2.75, 3.05) is 31.9 Å². The number of hydrogen-bond acceptors (Lipinski definition) is 4. The van der Waals surface area contributed by atoms with Crippen LogP contribution in [0.25, 0.3) is 0 Å². The number of benzene rings is 1. The van der Waals surface area contributed by atoms with Gasteiger partial charge >= 0.3 is 0 Å². The Morgan fingerprint density at radius 1 is 1.06 bits per heavy atom. The van der Waals surface area contributed by atoms with Crippen molar-refractivity contribution < 1.29 is 26.4 Å². The summed E-state index contributed by atoms with van der Waals surface area (Å²) in [6, 6.07) is 2.31. The van der Waals surface area contributed by atoms with Gasteiger partial charge in [-0.15, -0.1) is 12.4 Å². The third-order valence-electron chi connectivity index (χ3n) is 6.68. The van der Waals surface area contributed by atoms with E-state index in [1.165, 1.54) is 10.4 Å². The van der Waals surface area contributed by atoms with E-state index in [4.69, 9.17) is 23.2 Å². The average Bonchev–Trinajstić information content (AvgIpc) is 2.73. The first kappa shape index (κ1) is 28.7. The minimum atomic E-state index is -3.32. The molecule has 1 saturated heterocycles. The maximum atomic E-state index is 14.3. The van der Waals surface area contributed by atoms with Crippen molar-refractivity contribution in [2.45, 2.75) is 56.9 Å². The highest BCUT2D eigenvalue weighted by molar-refractivity contribution is 7.89. The predicted octanol–water partition coefficient (Wildman–Crippen LogP) is 5.43. The van der Waals surface area contributed by atoms with E-state index >= 15 is 0 Å². The zero-order valence-electron chi connectivity index (χ0n) is 18.3. The maximum absolute atomic E-state index is 14.3. The number of rotatable bonds is 7.